The number of nitrogens with zero attached hydrogens (tertiary/aromatic N) is 2. The van der Waals surface area contributed by atoms with Crippen LogP contribution in [0.1, 0.15) is 19.5 Å². The molecule has 0 aliphatic heterocycles. The van der Waals surface area contributed by atoms with Crippen LogP contribution in [0.4, 0.5) is 5.69 Å². The molecule has 0 aliphatic carbocycles. The Labute approximate surface area is 82.3 Å². The second-order valence-corrected chi connectivity index (χ2v) is 3.53. The van der Waals surface area contributed by atoms with Gasteiger partial charge in [-0.3, -0.25) is 15.1 Å². The highest BCUT2D eigenvalue weighted by atomic mass is 16.6. The van der Waals surface area contributed by atoms with Gasteiger partial charge in [0.25, 0.3) is 5.69 Å². The van der Waals surface area contributed by atoms with E-state index in [4.69, 9.17) is 0 Å². The van der Waals surface area contributed by atoms with Crippen molar-refractivity contribution in [1.82, 2.24) is 10.3 Å². The zero-order valence-electron chi connectivity index (χ0n) is 8.44. The Hall–Kier alpha value is -1.49. The fraction of sp³-hybridized carbons (Fsp3) is 0.444. The van der Waals surface area contributed by atoms with Crippen molar-refractivity contribution < 1.29 is 4.92 Å². The molecule has 0 fully saturated rings. The summed E-state index contributed by atoms with van der Waals surface area (Å²) in [7, 11) is 1.82. The van der Waals surface area contributed by atoms with Gasteiger partial charge in [0.1, 0.15) is 6.20 Å². The molecule has 0 aromatic carbocycles. The summed E-state index contributed by atoms with van der Waals surface area (Å²) in [6.07, 6.45) is 1.27. The first-order chi connectivity index (χ1) is 6.47. The number of aromatic nitrogens is 1. The fourth-order valence-corrected chi connectivity index (χ4v) is 0.992. The molecule has 0 amide bonds. The molecular formula is C9H13N3O2. The van der Waals surface area contributed by atoms with E-state index in [-0.39, 0.29) is 11.2 Å². The quantitative estimate of drug-likeness (QED) is 0.585. The third-order valence-corrected chi connectivity index (χ3v) is 2.22. The molecule has 1 heterocycles. The Morgan fingerprint density at radius 1 is 1.50 bits per heavy atom. The number of pyridine rings is 1. The summed E-state index contributed by atoms with van der Waals surface area (Å²) in [6, 6.07) is 3.12. The normalized spacial score (nSPS) is 11.4. The molecule has 0 aliphatic rings. The van der Waals surface area contributed by atoms with Crippen LogP contribution in [-0.2, 0) is 5.54 Å². The summed E-state index contributed by atoms with van der Waals surface area (Å²) in [4.78, 5) is 14.0. The molecule has 1 aromatic heterocycles. The second kappa shape index (κ2) is 3.71. The molecule has 5 heteroatoms. The molecule has 0 unspecified atom stereocenters. The highest BCUT2D eigenvalue weighted by Crippen LogP contribution is 2.18. The van der Waals surface area contributed by atoms with E-state index in [1.807, 2.05) is 20.9 Å². The summed E-state index contributed by atoms with van der Waals surface area (Å²) >= 11 is 0. The predicted octanol–water partition coefficient (Wildman–Crippen LogP) is 1.44. The summed E-state index contributed by atoms with van der Waals surface area (Å²) in [5, 5.41) is 13.5. The first-order valence-corrected chi connectivity index (χ1v) is 4.27. The zero-order chi connectivity index (χ0) is 10.8. The van der Waals surface area contributed by atoms with E-state index in [9.17, 15) is 10.1 Å². The molecule has 0 atom stereocenters. The lowest BCUT2D eigenvalue weighted by Gasteiger charge is -2.22. The first-order valence-electron chi connectivity index (χ1n) is 4.27. The Morgan fingerprint density at radius 3 is 2.50 bits per heavy atom. The van der Waals surface area contributed by atoms with Crippen molar-refractivity contribution in [2.24, 2.45) is 0 Å². The smallest absolute Gasteiger partial charge is 0.287 e. The van der Waals surface area contributed by atoms with Crippen LogP contribution in [0.3, 0.4) is 0 Å². The molecule has 14 heavy (non-hydrogen) atoms. The maximum absolute atomic E-state index is 10.4. The van der Waals surface area contributed by atoms with Crippen molar-refractivity contribution in [3.05, 3.63) is 34.1 Å². The van der Waals surface area contributed by atoms with E-state index < -0.39 is 4.92 Å². The van der Waals surface area contributed by atoms with E-state index in [1.54, 1.807) is 6.07 Å². The van der Waals surface area contributed by atoms with Crippen LogP contribution in [0.25, 0.3) is 0 Å². The van der Waals surface area contributed by atoms with Crippen molar-refractivity contribution in [2.75, 3.05) is 7.05 Å². The van der Waals surface area contributed by atoms with Crippen LogP contribution < -0.4 is 5.32 Å². The number of hydrogen-bond acceptors (Lipinski definition) is 4. The molecule has 1 rings (SSSR count). The topological polar surface area (TPSA) is 68.1 Å². The summed E-state index contributed by atoms with van der Waals surface area (Å²) in [6.45, 7) is 3.92. The average Bonchev–Trinajstić information content (AvgIpc) is 2.18. The molecule has 76 valence electrons. The van der Waals surface area contributed by atoms with Crippen molar-refractivity contribution in [2.45, 2.75) is 19.4 Å². The maximum Gasteiger partial charge on any atom is 0.287 e. The van der Waals surface area contributed by atoms with Gasteiger partial charge in [-0.15, -0.1) is 0 Å². The van der Waals surface area contributed by atoms with Gasteiger partial charge < -0.3 is 5.32 Å². The molecule has 1 N–H and O–H groups in total. The third kappa shape index (κ3) is 2.05. The minimum absolute atomic E-state index is 0.0145. The SMILES string of the molecule is CNC(C)(C)c1ccc([N+](=O)[O-])cn1. The monoisotopic (exact) mass is 195 g/mol. The number of hydrogen-bond donors (Lipinski definition) is 1. The number of rotatable bonds is 3. The predicted molar refractivity (Wildman–Crippen MR) is 53.0 cm³/mol. The Balaban J connectivity index is 2.99. The van der Waals surface area contributed by atoms with Crippen molar-refractivity contribution in [1.29, 1.82) is 0 Å². The van der Waals surface area contributed by atoms with Crippen LogP contribution in [0.15, 0.2) is 18.3 Å². The lowest BCUT2D eigenvalue weighted by Crippen LogP contribution is -2.33. The van der Waals surface area contributed by atoms with E-state index >= 15 is 0 Å². The molecule has 5 nitrogen and oxygen atoms in total. The molecule has 0 spiro atoms. The van der Waals surface area contributed by atoms with Gasteiger partial charge in [0, 0.05) is 6.07 Å². The van der Waals surface area contributed by atoms with Crippen LogP contribution in [0, 0.1) is 10.1 Å². The highest BCUT2D eigenvalue weighted by Gasteiger charge is 2.20. The summed E-state index contributed by atoms with van der Waals surface area (Å²) in [5.74, 6) is 0. The first kappa shape index (κ1) is 10.6. The zero-order valence-corrected chi connectivity index (χ0v) is 8.44. The van der Waals surface area contributed by atoms with Gasteiger partial charge >= 0.3 is 0 Å². The largest absolute Gasteiger partial charge is 0.310 e. The van der Waals surface area contributed by atoms with E-state index in [0.29, 0.717) is 0 Å². The van der Waals surface area contributed by atoms with E-state index in [2.05, 4.69) is 10.3 Å². The molecule has 1 aromatic rings. The van der Waals surface area contributed by atoms with Gasteiger partial charge in [0.2, 0.25) is 0 Å². The average molecular weight is 195 g/mol. The lowest BCUT2D eigenvalue weighted by atomic mass is 10.0. The van der Waals surface area contributed by atoms with Crippen molar-refractivity contribution >= 4 is 5.69 Å². The van der Waals surface area contributed by atoms with Gasteiger partial charge in [-0.25, -0.2) is 0 Å². The highest BCUT2D eigenvalue weighted by molar-refractivity contribution is 5.28. The molecular weight excluding hydrogens is 182 g/mol. The standard InChI is InChI=1S/C9H13N3O2/c1-9(2,10-3)8-5-4-7(6-11-8)12(13)14/h4-6,10H,1-3H3. The molecule has 0 saturated heterocycles. The van der Waals surface area contributed by atoms with Crippen LogP contribution >= 0.6 is 0 Å². The van der Waals surface area contributed by atoms with Crippen LogP contribution in [0.2, 0.25) is 0 Å². The molecule has 0 radical (unpaired) electrons. The Bertz CT molecular complexity index is 332. The minimum Gasteiger partial charge on any atom is -0.310 e. The lowest BCUT2D eigenvalue weighted by molar-refractivity contribution is -0.385. The Morgan fingerprint density at radius 2 is 2.14 bits per heavy atom. The molecule has 0 bridgehead atoms. The fourth-order valence-electron chi connectivity index (χ4n) is 0.992. The molecule has 0 saturated carbocycles. The minimum atomic E-state index is -0.455. The maximum atomic E-state index is 10.4. The van der Waals surface area contributed by atoms with Crippen LogP contribution in [0.5, 0.6) is 0 Å². The number of nitrogens with one attached hydrogen (secondary N) is 1. The number of nitro groups is 1. The van der Waals surface area contributed by atoms with E-state index in [1.165, 1.54) is 12.3 Å². The van der Waals surface area contributed by atoms with Crippen molar-refractivity contribution in [3.8, 4) is 0 Å². The van der Waals surface area contributed by atoms with Crippen LogP contribution in [-0.4, -0.2) is 17.0 Å². The third-order valence-electron chi connectivity index (χ3n) is 2.22. The van der Waals surface area contributed by atoms with E-state index in [0.717, 1.165) is 5.69 Å². The Kier molecular flexibility index (Phi) is 2.81. The summed E-state index contributed by atoms with van der Waals surface area (Å²) in [5.41, 5.74) is 0.529. The van der Waals surface area contributed by atoms with Crippen molar-refractivity contribution in [3.63, 3.8) is 0 Å². The van der Waals surface area contributed by atoms with Gasteiger partial charge in [0.15, 0.2) is 0 Å². The van der Waals surface area contributed by atoms with Gasteiger partial charge in [-0.05, 0) is 27.0 Å². The summed E-state index contributed by atoms with van der Waals surface area (Å²) < 4.78 is 0. The van der Waals surface area contributed by atoms with Gasteiger partial charge in [0.05, 0.1) is 16.2 Å². The van der Waals surface area contributed by atoms with Gasteiger partial charge in [-0.1, -0.05) is 0 Å². The second-order valence-electron chi connectivity index (χ2n) is 3.53. The van der Waals surface area contributed by atoms with Gasteiger partial charge in [-0.2, -0.15) is 0 Å².